The zero-order valence-corrected chi connectivity index (χ0v) is 13.2. The summed E-state index contributed by atoms with van der Waals surface area (Å²) in [4.78, 5) is 0. The van der Waals surface area contributed by atoms with E-state index in [1.165, 1.54) is 32.9 Å². The van der Waals surface area contributed by atoms with Crippen LogP contribution >= 0.6 is 38.5 Å². The van der Waals surface area contributed by atoms with E-state index in [4.69, 9.17) is 0 Å². The molecule has 0 aromatic heterocycles. The van der Waals surface area contributed by atoms with Gasteiger partial charge in [0.05, 0.1) is 0 Å². The first-order valence-corrected chi connectivity index (χ1v) is 7.78. The second-order valence-corrected chi connectivity index (χ2v) is 6.54. The van der Waals surface area contributed by atoms with Gasteiger partial charge in [-0.2, -0.15) is 0 Å². The van der Waals surface area contributed by atoms with Gasteiger partial charge in [0, 0.05) is 14.1 Å². The number of rotatable bonds is 5. The molecule has 1 unspecified atom stereocenters. The maximum absolute atomic E-state index is 3.68. The third-order valence-electron chi connectivity index (χ3n) is 3.00. The van der Waals surface area contributed by atoms with Gasteiger partial charge in [-0.05, 0) is 78.1 Å². The maximum atomic E-state index is 3.68. The van der Waals surface area contributed by atoms with Gasteiger partial charge >= 0.3 is 0 Å². The molecule has 1 saturated carbocycles. The third kappa shape index (κ3) is 3.20. The molecule has 1 fully saturated rings. The average molecular weight is 394 g/mol. The van der Waals surface area contributed by atoms with Gasteiger partial charge in [0.2, 0.25) is 0 Å². The van der Waals surface area contributed by atoms with Crippen molar-refractivity contribution in [2.24, 2.45) is 5.92 Å². The molecule has 1 N–H and O–H groups in total. The minimum Gasteiger partial charge on any atom is -0.310 e. The topological polar surface area (TPSA) is 12.0 Å². The first-order valence-electron chi connectivity index (χ1n) is 5.90. The highest BCUT2D eigenvalue weighted by molar-refractivity contribution is 14.1. The van der Waals surface area contributed by atoms with Gasteiger partial charge in [-0.25, -0.2) is 0 Å². The van der Waals surface area contributed by atoms with Gasteiger partial charge in [0.25, 0.3) is 0 Å². The fourth-order valence-corrected chi connectivity index (χ4v) is 3.02. The highest BCUT2D eigenvalue weighted by atomic mass is 127. The predicted molar refractivity (Wildman–Crippen MR) is 80.6 cm³/mol. The fraction of sp³-hybridized carbons (Fsp3) is 0.538. The van der Waals surface area contributed by atoms with Gasteiger partial charge < -0.3 is 5.32 Å². The normalized spacial score (nSPS) is 17.4. The van der Waals surface area contributed by atoms with Crippen molar-refractivity contribution in [1.82, 2.24) is 5.32 Å². The Labute approximate surface area is 120 Å². The first kappa shape index (κ1) is 12.8. The standard InChI is InChI=1S/C13H17BrIN/c1-2-7-16-13(9-3-4-9)11-8-10(15)5-6-12(11)14/h5-6,8-9,13,16H,2-4,7H2,1H3. The molecule has 0 heterocycles. The summed E-state index contributed by atoms with van der Waals surface area (Å²) < 4.78 is 2.56. The Morgan fingerprint density at radius 2 is 2.25 bits per heavy atom. The highest BCUT2D eigenvalue weighted by Crippen LogP contribution is 2.43. The summed E-state index contributed by atoms with van der Waals surface area (Å²) >= 11 is 6.06. The smallest absolute Gasteiger partial charge is 0.0360 e. The van der Waals surface area contributed by atoms with E-state index in [-0.39, 0.29) is 0 Å². The monoisotopic (exact) mass is 393 g/mol. The molecule has 0 bridgehead atoms. The zero-order valence-electron chi connectivity index (χ0n) is 9.47. The van der Waals surface area contributed by atoms with Crippen molar-refractivity contribution in [3.05, 3.63) is 31.8 Å². The van der Waals surface area contributed by atoms with Gasteiger partial charge in [0.1, 0.15) is 0 Å². The van der Waals surface area contributed by atoms with E-state index in [1.807, 2.05) is 0 Å². The van der Waals surface area contributed by atoms with E-state index in [0.29, 0.717) is 6.04 Å². The van der Waals surface area contributed by atoms with Crippen molar-refractivity contribution in [2.45, 2.75) is 32.2 Å². The lowest BCUT2D eigenvalue weighted by Crippen LogP contribution is -2.24. The summed E-state index contributed by atoms with van der Waals surface area (Å²) in [6.45, 7) is 3.33. The Balaban J connectivity index is 2.19. The Morgan fingerprint density at radius 3 is 2.88 bits per heavy atom. The molecule has 0 spiro atoms. The zero-order chi connectivity index (χ0) is 11.5. The third-order valence-corrected chi connectivity index (χ3v) is 4.39. The van der Waals surface area contributed by atoms with Gasteiger partial charge in [0.15, 0.2) is 0 Å². The molecule has 1 atom stereocenters. The van der Waals surface area contributed by atoms with Crippen molar-refractivity contribution < 1.29 is 0 Å². The molecule has 0 radical (unpaired) electrons. The summed E-state index contributed by atoms with van der Waals surface area (Å²) in [5.74, 6) is 0.848. The van der Waals surface area contributed by atoms with Crippen LogP contribution in [-0.2, 0) is 0 Å². The van der Waals surface area contributed by atoms with Gasteiger partial charge in [-0.3, -0.25) is 0 Å². The van der Waals surface area contributed by atoms with E-state index >= 15 is 0 Å². The highest BCUT2D eigenvalue weighted by Gasteiger charge is 2.32. The van der Waals surface area contributed by atoms with E-state index in [1.54, 1.807) is 0 Å². The summed E-state index contributed by atoms with van der Waals surface area (Å²) in [5, 5.41) is 3.68. The van der Waals surface area contributed by atoms with Crippen LogP contribution in [0.15, 0.2) is 22.7 Å². The molecule has 3 heteroatoms. The molecular weight excluding hydrogens is 377 g/mol. The van der Waals surface area contributed by atoms with E-state index in [9.17, 15) is 0 Å². The van der Waals surface area contributed by atoms with Crippen LogP contribution in [0.25, 0.3) is 0 Å². The first-order chi connectivity index (χ1) is 7.72. The molecule has 2 rings (SSSR count). The molecule has 1 aromatic carbocycles. The summed E-state index contributed by atoms with van der Waals surface area (Å²) in [7, 11) is 0. The minimum atomic E-state index is 0.545. The number of hydrogen-bond acceptors (Lipinski definition) is 1. The number of hydrogen-bond donors (Lipinski definition) is 1. The number of benzene rings is 1. The molecule has 1 nitrogen and oxygen atoms in total. The molecule has 0 amide bonds. The largest absolute Gasteiger partial charge is 0.310 e. The molecule has 1 aliphatic rings. The van der Waals surface area contributed by atoms with E-state index < -0.39 is 0 Å². The van der Waals surface area contributed by atoms with Crippen molar-refractivity contribution >= 4 is 38.5 Å². The van der Waals surface area contributed by atoms with E-state index in [0.717, 1.165) is 12.5 Å². The molecule has 0 saturated heterocycles. The molecule has 16 heavy (non-hydrogen) atoms. The van der Waals surface area contributed by atoms with Crippen LogP contribution in [0.3, 0.4) is 0 Å². The predicted octanol–water partition coefficient (Wildman–Crippen LogP) is 4.50. The Morgan fingerprint density at radius 1 is 1.50 bits per heavy atom. The van der Waals surface area contributed by atoms with Crippen LogP contribution in [0.2, 0.25) is 0 Å². The van der Waals surface area contributed by atoms with Crippen LogP contribution in [0.4, 0.5) is 0 Å². The Hall–Kier alpha value is 0.390. The molecular formula is C13H17BrIN. The average Bonchev–Trinajstić information content (AvgIpc) is 3.08. The molecule has 1 aromatic rings. The second kappa shape index (κ2) is 5.83. The lowest BCUT2D eigenvalue weighted by atomic mass is 10.0. The van der Waals surface area contributed by atoms with E-state index in [2.05, 4.69) is 69.0 Å². The number of nitrogens with one attached hydrogen (secondary N) is 1. The van der Waals surface area contributed by atoms with Gasteiger partial charge in [-0.1, -0.05) is 22.9 Å². The van der Waals surface area contributed by atoms with Crippen molar-refractivity contribution in [3.8, 4) is 0 Å². The van der Waals surface area contributed by atoms with Crippen LogP contribution in [0, 0.1) is 9.49 Å². The summed E-state index contributed by atoms with van der Waals surface area (Å²) in [6.07, 6.45) is 3.95. The molecule has 0 aliphatic heterocycles. The van der Waals surface area contributed by atoms with Gasteiger partial charge in [-0.15, -0.1) is 0 Å². The van der Waals surface area contributed by atoms with Crippen LogP contribution < -0.4 is 5.32 Å². The molecule has 88 valence electrons. The summed E-state index contributed by atoms with van der Waals surface area (Å²) in [6, 6.07) is 7.16. The van der Waals surface area contributed by atoms with Crippen molar-refractivity contribution in [2.75, 3.05) is 6.54 Å². The van der Waals surface area contributed by atoms with Crippen molar-refractivity contribution in [1.29, 1.82) is 0 Å². The Bertz CT molecular complexity index is 363. The lowest BCUT2D eigenvalue weighted by Gasteiger charge is -2.20. The quantitative estimate of drug-likeness (QED) is 0.726. The fourth-order valence-electron chi connectivity index (χ4n) is 2.01. The van der Waals surface area contributed by atoms with Crippen LogP contribution in [0.5, 0.6) is 0 Å². The molecule has 1 aliphatic carbocycles. The maximum Gasteiger partial charge on any atom is 0.0360 e. The van der Waals surface area contributed by atoms with Crippen LogP contribution in [-0.4, -0.2) is 6.54 Å². The summed E-state index contributed by atoms with van der Waals surface area (Å²) in [5.41, 5.74) is 1.43. The number of halogens is 2. The lowest BCUT2D eigenvalue weighted by molar-refractivity contribution is 0.479. The SMILES string of the molecule is CCCNC(c1cc(I)ccc1Br)C1CC1. The van der Waals surface area contributed by atoms with Crippen LogP contribution in [0.1, 0.15) is 37.8 Å². The second-order valence-electron chi connectivity index (χ2n) is 4.44. The minimum absolute atomic E-state index is 0.545. The van der Waals surface area contributed by atoms with Crippen molar-refractivity contribution in [3.63, 3.8) is 0 Å². The Kier molecular flexibility index (Phi) is 4.67.